The standard InChI is InChI=1S/C14H15N3.C2H8BN/c1-17(2)14-10-8-13(9-11-14)16-15-12-6-4-3-5-7-12;1-4(2)3/h3-11H,1-2H3;3H2,1-2H3. The molecule has 2 aromatic rings. The Morgan fingerprint density at radius 2 is 1.14 bits per heavy atom. The first-order valence-electron chi connectivity index (χ1n) is 6.84. The van der Waals surface area contributed by atoms with E-state index in [1.165, 1.54) is 0 Å². The monoisotopic (exact) mass is 282 g/mol. The van der Waals surface area contributed by atoms with Gasteiger partial charge in [-0.2, -0.15) is 10.2 Å². The van der Waals surface area contributed by atoms with Crippen LogP contribution in [0, 0.1) is 0 Å². The summed E-state index contributed by atoms with van der Waals surface area (Å²) in [5, 5.41) is 8.35. The van der Waals surface area contributed by atoms with Crippen LogP contribution in [-0.4, -0.2) is 41.0 Å². The average Bonchev–Trinajstić information content (AvgIpc) is 2.46. The highest BCUT2D eigenvalue weighted by molar-refractivity contribution is 6.03. The molecule has 0 aliphatic rings. The highest BCUT2D eigenvalue weighted by Gasteiger charge is 1.94. The summed E-state index contributed by atoms with van der Waals surface area (Å²) in [6.45, 7) is 0. The smallest absolute Gasteiger partial charge is 0.184 e. The van der Waals surface area contributed by atoms with E-state index < -0.39 is 0 Å². The topological polar surface area (TPSA) is 31.2 Å². The molecule has 0 fully saturated rings. The molecule has 0 aliphatic heterocycles. The van der Waals surface area contributed by atoms with Gasteiger partial charge in [0.05, 0.1) is 11.4 Å². The van der Waals surface area contributed by atoms with E-state index in [1.807, 2.05) is 95.6 Å². The van der Waals surface area contributed by atoms with Gasteiger partial charge in [0.1, 0.15) is 0 Å². The maximum absolute atomic E-state index is 4.18. The summed E-state index contributed by atoms with van der Waals surface area (Å²) in [4.78, 5) is 4.05. The van der Waals surface area contributed by atoms with Crippen molar-refractivity contribution >= 4 is 25.0 Å². The molecule has 0 radical (unpaired) electrons. The maximum atomic E-state index is 4.18. The summed E-state index contributed by atoms with van der Waals surface area (Å²) in [6, 6.07) is 17.7. The largest absolute Gasteiger partial charge is 0.378 e. The summed E-state index contributed by atoms with van der Waals surface area (Å²) >= 11 is 0. The number of nitrogens with zero attached hydrogens (tertiary/aromatic N) is 4. The van der Waals surface area contributed by atoms with Crippen molar-refractivity contribution in [2.45, 2.75) is 0 Å². The van der Waals surface area contributed by atoms with Gasteiger partial charge in [-0.15, -0.1) is 0 Å². The van der Waals surface area contributed by atoms with Gasteiger partial charge in [0, 0.05) is 19.8 Å². The first-order valence-corrected chi connectivity index (χ1v) is 6.84. The van der Waals surface area contributed by atoms with Gasteiger partial charge < -0.3 is 9.71 Å². The molecular weight excluding hydrogens is 259 g/mol. The Hall–Kier alpha value is -2.14. The molecule has 0 bridgehead atoms. The molecule has 2 rings (SSSR count). The van der Waals surface area contributed by atoms with Crippen molar-refractivity contribution < 1.29 is 0 Å². The number of anilines is 1. The van der Waals surface area contributed by atoms with Gasteiger partial charge in [-0.05, 0) is 50.5 Å². The van der Waals surface area contributed by atoms with E-state index in [1.54, 1.807) is 0 Å². The molecule has 0 saturated heterocycles. The van der Waals surface area contributed by atoms with Crippen LogP contribution in [0.1, 0.15) is 0 Å². The van der Waals surface area contributed by atoms with Gasteiger partial charge in [-0.25, -0.2) is 0 Å². The van der Waals surface area contributed by atoms with Crippen molar-refractivity contribution in [3.8, 4) is 0 Å². The van der Waals surface area contributed by atoms with E-state index in [0.29, 0.717) is 0 Å². The minimum atomic E-state index is 0.861. The predicted molar refractivity (Wildman–Crippen MR) is 93.6 cm³/mol. The van der Waals surface area contributed by atoms with Crippen LogP contribution in [0.5, 0.6) is 0 Å². The van der Waals surface area contributed by atoms with E-state index in [2.05, 4.69) is 15.1 Å². The van der Waals surface area contributed by atoms with E-state index in [0.717, 1.165) is 17.1 Å². The quantitative estimate of drug-likeness (QED) is 0.639. The fourth-order valence-corrected chi connectivity index (χ4v) is 1.43. The van der Waals surface area contributed by atoms with Crippen LogP contribution < -0.4 is 4.90 Å². The van der Waals surface area contributed by atoms with Crippen molar-refractivity contribution in [1.82, 2.24) is 4.81 Å². The Bertz CT molecular complexity index is 533. The lowest BCUT2D eigenvalue weighted by atomic mass is 10.3. The third-order valence-corrected chi connectivity index (χ3v) is 2.40. The van der Waals surface area contributed by atoms with Gasteiger partial charge in [0.15, 0.2) is 7.98 Å². The maximum Gasteiger partial charge on any atom is 0.184 e. The van der Waals surface area contributed by atoms with Crippen molar-refractivity contribution in [3.05, 3.63) is 54.6 Å². The Kier molecular flexibility index (Phi) is 7.19. The zero-order chi connectivity index (χ0) is 15.7. The van der Waals surface area contributed by atoms with Crippen molar-refractivity contribution in [2.75, 3.05) is 33.1 Å². The van der Waals surface area contributed by atoms with Crippen molar-refractivity contribution in [3.63, 3.8) is 0 Å². The van der Waals surface area contributed by atoms with Gasteiger partial charge in [0.25, 0.3) is 0 Å². The molecule has 21 heavy (non-hydrogen) atoms. The summed E-state index contributed by atoms with van der Waals surface area (Å²) in [5.41, 5.74) is 2.88. The molecule has 0 aliphatic carbocycles. The number of azo groups is 1. The van der Waals surface area contributed by atoms with Gasteiger partial charge in [-0.3, -0.25) is 0 Å². The Labute approximate surface area is 128 Å². The Morgan fingerprint density at radius 3 is 1.57 bits per heavy atom. The normalized spacial score (nSPS) is 10.3. The molecular formula is C16H23BN4. The second-order valence-electron chi connectivity index (χ2n) is 5.29. The first kappa shape index (κ1) is 16.9. The highest BCUT2D eigenvalue weighted by Crippen LogP contribution is 2.20. The predicted octanol–water partition coefficient (Wildman–Crippen LogP) is 3.26. The molecule has 4 nitrogen and oxygen atoms in total. The average molecular weight is 282 g/mol. The number of rotatable bonds is 3. The zero-order valence-electron chi connectivity index (χ0n) is 13.5. The van der Waals surface area contributed by atoms with Crippen LogP contribution in [0.15, 0.2) is 64.8 Å². The van der Waals surface area contributed by atoms with Crippen LogP contribution in [0.2, 0.25) is 0 Å². The molecule has 0 heterocycles. The highest BCUT2D eigenvalue weighted by atomic mass is 15.1. The third-order valence-electron chi connectivity index (χ3n) is 2.40. The number of benzene rings is 2. The molecule has 0 spiro atoms. The molecule has 5 heteroatoms. The van der Waals surface area contributed by atoms with Gasteiger partial charge in [-0.1, -0.05) is 18.2 Å². The lowest BCUT2D eigenvalue weighted by Gasteiger charge is -2.11. The zero-order valence-corrected chi connectivity index (χ0v) is 13.5. The van der Waals surface area contributed by atoms with E-state index in [4.69, 9.17) is 0 Å². The van der Waals surface area contributed by atoms with Crippen LogP contribution in [0.25, 0.3) is 0 Å². The van der Waals surface area contributed by atoms with Gasteiger partial charge in [0.2, 0.25) is 0 Å². The molecule has 0 unspecified atom stereocenters. The molecule has 110 valence electrons. The Balaban J connectivity index is 0.000000491. The van der Waals surface area contributed by atoms with Crippen molar-refractivity contribution in [1.29, 1.82) is 0 Å². The van der Waals surface area contributed by atoms with Crippen molar-refractivity contribution in [2.24, 2.45) is 10.2 Å². The molecule has 2 aromatic carbocycles. The number of hydrogen-bond acceptors (Lipinski definition) is 4. The van der Waals surface area contributed by atoms with Crippen LogP contribution in [0.3, 0.4) is 0 Å². The fraction of sp³-hybridized carbons (Fsp3) is 0.250. The van der Waals surface area contributed by atoms with Crippen LogP contribution in [-0.2, 0) is 0 Å². The fourth-order valence-electron chi connectivity index (χ4n) is 1.43. The van der Waals surface area contributed by atoms with E-state index in [9.17, 15) is 0 Å². The molecule has 0 N–H and O–H groups in total. The SMILES string of the molecule is BN(C)C.CN(C)c1ccc(N=Nc2ccccc2)cc1. The van der Waals surface area contributed by atoms with Crippen LogP contribution in [0.4, 0.5) is 17.1 Å². The van der Waals surface area contributed by atoms with Gasteiger partial charge >= 0.3 is 0 Å². The van der Waals surface area contributed by atoms with E-state index >= 15 is 0 Å². The lowest BCUT2D eigenvalue weighted by molar-refractivity contribution is 0.679. The third kappa shape index (κ3) is 7.27. The molecule has 0 amide bonds. The molecule has 0 aromatic heterocycles. The first-order chi connectivity index (χ1) is 9.99. The second-order valence-corrected chi connectivity index (χ2v) is 5.29. The van der Waals surface area contributed by atoms with Crippen LogP contribution >= 0.6 is 0 Å². The lowest BCUT2D eigenvalue weighted by Crippen LogP contribution is -2.07. The summed E-state index contributed by atoms with van der Waals surface area (Å²) in [7, 11) is 10.0. The summed E-state index contributed by atoms with van der Waals surface area (Å²) < 4.78 is 0. The van der Waals surface area contributed by atoms with E-state index in [-0.39, 0.29) is 0 Å². The minimum absolute atomic E-state index is 0.861. The second kappa shape index (κ2) is 8.92. The molecule has 0 saturated carbocycles. The number of hydrogen-bond donors (Lipinski definition) is 0. The molecule has 0 atom stereocenters. The summed E-state index contributed by atoms with van der Waals surface area (Å²) in [6.07, 6.45) is 0. The minimum Gasteiger partial charge on any atom is -0.378 e. The summed E-state index contributed by atoms with van der Waals surface area (Å²) in [5.74, 6) is 0. The Morgan fingerprint density at radius 1 is 0.714 bits per heavy atom.